The van der Waals surface area contributed by atoms with Gasteiger partial charge < -0.3 is 15.4 Å². The van der Waals surface area contributed by atoms with Gasteiger partial charge in [0.2, 0.25) is 5.91 Å². The molecule has 0 aromatic heterocycles. The minimum Gasteiger partial charge on any atom is -0.378 e. The molecule has 6 heteroatoms. The highest BCUT2D eigenvalue weighted by Crippen LogP contribution is 2.17. The first-order chi connectivity index (χ1) is 9.10. The van der Waals surface area contributed by atoms with E-state index in [1.807, 2.05) is 0 Å². The number of carbonyl (C=O) groups is 1. The molecule has 0 spiro atoms. The van der Waals surface area contributed by atoms with Crippen molar-refractivity contribution in [1.29, 1.82) is 0 Å². The van der Waals surface area contributed by atoms with Gasteiger partial charge in [0, 0.05) is 25.2 Å². The summed E-state index contributed by atoms with van der Waals surface area (Å²) in [6.07, 6.45) is 0.110. The lowest BCUT2D eigenvalue weighted by Crippen LogP contribution is -2.44. The maximum Gasteiger partial charge on any atom is 0.224 e. The molecule has 0 aliphatic carbocycles. The van der Waals surface area contributed by atoms with Gasteiger partial charge >= 0.3 is 0 Å². The zero-order valence-electron chi connectivity index (χ0n) is 10.6. The van der Waals surface area contributed by atoms with E-state index < -0.39 is 5.82 Å². The molecule has 1 aromatic rings. The molecule has 4 nitrogen and oxygen atoms in total. The summed E-state index contributed by atoms with van der Waals surface area (Å²) in [4.78, 5) is 11.9. The number of carbonyl (C=O) groups excluding carboxylic acids is 1. The minimum absolute atomic E-state index is 0.0207. The summed E-state index contributed by atoms with van der Waals surface area (Å²) in [6, 6.07) is 3.98. The monoisotopic (exact) mass is 286 g/mol. The number of hydrogen-bond acceptors (Lipinski definition) is 3. The van der Waals surface area contributed by atoms with Crippen LogP contribution in [0.15, 0.2) is 18.2 Å². The predicted molar refractivity (Wildman–Crippen MR) is 70.7 cm³/mol. The van der Waals surface area contributed by atoms with E-state index in [0.29, 0.717) is 12.1 Å². The van der Waals surface area contributed by atoms with Crippen molar-refractivity contribution in [3.05, 3.63) is 34.6 Å². The third-order valence-electron chi connectivity index (χ3n) is 3.17. The van der Waals surface area contributed by atoms with Gasteiger partial charge in [-0.05, 0) is 17.7 Å². The average molecular weight is 287 g/mol. The Morgan fingerprint density at radius 3 is 3.05 bits per heavy atom. The van der Waals surface area contributed by atoms with Crippen LogP contribution in [0.3, 0.4) is 0 Å². The zero-order chi connectivity index (χ0) is 13.8. The van der Waals surface area contributed by atoms with Crippen LogP contribution in [-0.2, 0) is 16.0 Å². The molecule has 1 aliphatic rings. The quantitative estimate of drug-likeness (QED) is 0.872. The number of hydrogen-bond donors (Lipinski definition) is 2. The van der Waals surface area contributed by atoms with Crippen molar-refractivity contribution in [1.82, 2.24) is 10.6 Å². The van der Waals surface area contributed by atoms with Crippen molar-refractivity contribution in [3.63, 3.8) is 0 Å². The van der Waals surface area contributed by atoms with E-state index >= 15 is 0 Å². The Bertz CT molecular complexity index is 470. The van der Waals surface area contributed by atoms with Crippen LogP contribution >= 0.6 is 11.6 Å². The summed E-state index contributed by atoms with van der Waals surface area (Å²) in [5, 5.41) is 6.30. The molecule has 0 bridgehead atoms. The maximum atomic E-state index is 12.9. The van der Waals surface area contributed by atoms with E-state index in [4.69, 9.17) is 16.3 Å². The number of benzene rings is 1. The fourth-order valence-electron chi connectivity index (χ4n) is 2.14. The first kappa shape index (κ1) is 14.2. The SMILES string of the molecule is CO[C@H]1CNCC1NC(=O)Cc1ccc(F)cc1Cl. The molecule has 0 saturated carbocycles. The molecule has 2 N–H and O–H groups in total. The third kappa shape index (κ3) is 3.65. The van der Waals surface area contributed by atoms with Crippen molar-refractivity contribution < 1.29 is 13.9 Å². The molecule has 1 amide bonds. The molecular formula is C13H16ClFN2O2. The highest BCUT2D eigenvalue weighted by Gasteiger charge is 2.28. The summed E-state index contributed by atoms with van der Waals surface area (Å²) < 4.78 is 18.2. The van der Waals surface area contributed by atoms with Crippen LogP contribution in [0.25, 0.3) is 0 Å². The molecule has 1 aliphatic heterocycles. The van der Waals surface area contributed by atoms with Crippen molar-refractivity contribution in [2.75, 3.05) is 20.2 Å². The van der Waals surface area contributed by atoms with E-state index in [1.165, 1.54) is 18.2 Å². The second kappa shape index (κ2) is 6.32. The molecule has 1 fully saturated rings. The van der Waals surface area contributed by atoms with Gasteiger partial charge in [0.05, 0.1) is 18.6 Å². The lowest BCUT2D eigenvalue weighted by molar-refractivity contribution is -0.121. The number of rotatable bonds is 4. The number of nitrogens with one attached hydrogen (secondary N) is 2. The summed E-state index contributed by atoms with van der Waals surface area (Å²) in [7, 11) is 1.62. The zero-order valence-corrected chi connectivity index (χ0v) is 11.3. The standard InChI is InChI=1S/C13H16ClFN2O2/c1-19-12-7-16-6-11(12)17-13(18)4-8-2-3-9(15)5-10(8)14/h2-3,5,11-12,16H,4,6-7H2,1H3,(H,17,18)/t11?,12-/m0/s1. The molecule has 2 atom stereocenters. The van der Waals surface area contributed by atoms with Crippen LogP contribution in [0.1, 0.15) is 5.56 Å². The van der Waals surface area contributed by atoms with Gasteiger partial charge in [0.1, 0.15) is 5.82 Å². The van der Waals surface area contributed by atoms with E-state index in [2.05, 4.69) is 10.6 Å². The van der Waals surface area contributed by atoms with Crippen molar-refractivity contribution in [3.8, 4) is 0 Å². The van der Waals surface area contributed by atoms with Crippen LogP contribution in [-0.4, -0.2) is 38.3 Å². The van der Waals surface area contributed by atoms with E-state index in [9.17, 15) is 9.18 Å². The third-order valence-corrected chi connectivity index (χ3v) is 3.53. The Kier molecular flexibility index (Phi) is 4.74. The molecule has 1 unspecified atom stereocenters. The van der Waals surface area contributed by atoms with Gasteiger partial charge in [0.15, 0.2) is 0 Å². The van der Waals surface area contributed by atoms with Gasteiger partial charge in [0.25, 0.3) is 0 Å². The lowest BCUT2D eigenvalue weighted by Gasteiger charge is -2.18. The van der Waals surface area contributed by atoms with Crippen LogP contribution < -0.4 is 10.6 Å². The molecule has 1 heterocycles. The van der Waals surface area contributed by atoms with E-state index in [1.54, 1.807) is 7.11 Å². The Balaban J connectivity index is 1.94. The fraction of sp³-hybridized carbons (Fsp3) is 0.462. The Labute approximate surface area is 116 Å². The minimum atomic E-state index is -0.409. The van der Waals surface area contributed by atoms with Crippen LogP contribution in [0.2, 0.25) is 5.02 Å². The normalized spacial score (nSPS) is 22.5. The number of methoxy groups -OCH3 is 1. The Hall–Kier alpha value is -1.17. The Morgan fingerprint density at radius 1 is 1.58 bits per heavy atom. The van der Waals surface area contributed by atoms with E-state index in [-0.39, 0.29) is 29.5 Å². The molecule has 2 rings (SSSR count). The largest absolute Gasteiger partial charge is 0.378 e. The van der Waals surface area contributed by atoms with Crippen molar-refractivity contribution in [2.45, 2.75) is 18.6 Å². The summed E-state index contributed by atoms with van der Waals surface area (Å²) in [6.45, 7) is 1.40. The molecule has 104 valence electrons. The number of ether oxygens (including phenoxy) is 1. The highest BCUT2D eigenvalue weighted by atomic mass is 35.5. The summed E-state index contributed by atoms with van der Waals surface area (Å²) in [5.41, 5.74) is 0.612. The van der Waals surface area contributed by atoms with Gasteiger partial charge in [-0.15, -0.1) is 0 Å². The average Bonchev–Trinajstić information content (AvgIpc) is 2.80. The summed E-state index contributed by atoms with van der Waals surface area (Å²) >= 11 is 5.89. The van der Waals surface area contributed by atoms with Crippen molar-refractivity contribution in [2.24, 2.45) is 0 Å². The molecule has 0 radical (unpaired) electrons. The van der Waals surface area contributed by atoms with Crippen molar-refractivity contribution >= 4 is 17.5 Å². The van der Waals surface area contributed by atoms with Gasteiger partial charge in [-0.25, -0.2) is 4.39 Å². The van der Waals surface area contributed by atoms with Gasteiger partial charge in [-0.1, -0.05) is 17.7 Å². The molecular weight excluding hydrogens is 271 g/mol. The maximum absolute atomic E-state index is 12.9. The smallest absolute Gasteiger partial charge is 0.224 e. The first-order valence-corrected chi connectivity index (χ1v) is 6.44. The Morgan fingerprint density at radius 2 is 2.37 bits per heavy atom. The highest BCUT2D eigenvalue weighted by molar-refractivity contribution is 6.31. The topological polar surface area (TPSA) is 50.4 Å². The summed E-state index contributed by atoms with van der Waals surface area (Å²) in [5.74, 6) is -0.558. The van der Waals surface area contributed by atoms with Crippen LogP contribution in [0, 0.1) is 5.82 Å². The lowest BCUT2D eigenvalue weighted by atomic mass is 10.1. The van der Waals surface area contributed by atoms with Crippen LogP contribution in [0.4, 0.5) is 4.39 Å². The molecule has 1 saturated heterocycles. The van der Waals surface area contributed by atoms with Crippen LogP contribution in [0.5, 0.6) is 0 Å². The number of amides is 1. The number of halogens is 2. The fourth-order valence-corrected chi connectivity index (χ4v) is 2.38. The second-order valence-electron chi connectivity index (χ2n) is 4.52. The predicted octanol–water partition coefficient (Wildman–Crippen LogP) is 1.12. The second-order valence-corrected chi connectivity index (χ2v) is 4.93. The first-order valence-electron chi connectivity index (χ1n) is 6.07. The molecule has 1 aromatic carbocycles. The molecule has 19 heavy (non-hydrogen) atoms. The van der Waals surface area contributed by atoms with E-state index in [0.717, 1.165) is 6.54 Å². The van der Waals surface area contributed by atoms with Gasteiger partial charge in [-0.2, -0.15) is 0 Å². The van der Waals surface area contributed by atoms with Gasteiger partial charge in [-0.3, -0.25) is 4.79 Å².